The Labute approximate surface area is 208 Å². The minimum atomic E-state index is -0.965. The first kappa shape index (κ1) is 25.4. The molecule has 192 valence electrons. The van der Waals surface area contributed by atoms with E-state index in [9.17, 15) is 18.8 Å². The number of carbonyl (C=O) groups excluding carboxylic acids is 2. The number of alkyl halides is 1. The number of nitrogens with zero attached hydrogens (tertiary/aromatic N) is 1. The van der Waals surface area contributed by atoms with Gasteiger partial charge in [-0.1, -0.05) is 30.3 Å². The molecule has 10 heteroatoms. The van der Waals surface area contributed by atoms with E-state index in [1.807, 2.05) is 30.3 Å². The van der Waals surface area contributed by atoms with Crippen LogP contribution < -0.4 is 15.4 Å². The zero-order valence-electron chi connectivity index (χ0n) is 20.0. The van der Waals surface area contributed by atoms with Gasteiger partial charge in [-0.2, -0.15) is 0 Å². The number of rotatable bonds is 8. The van der Waals surface area contributed by atoms with Crippen molar-refractivity contribution in [3.8, 4) is 5.75 Å². The van der Waals surface area contributed by atoms with Crippen molar-refractivity contribution in [2.24, 2.45) is 0 Å². The summed E-state index contributed by atoms with van der Waals surface area (Å²) in [6.07, 6.45) is -0.790. The smallest absolute Gasteiger partial charge is 0.407 e. The number of nitrogens with one attached hydrogen (secondary N) is 2. The van der Waals surface area contributed by atoms with Gasteiger partial charge in [-0.15, -0.1) is 0 Å². The lowest BCUT2D eigenvalue weighted by Crippen LogP contribution is -2.45. The number of benzene rings is 2. The zero-order chi connectivity index (χ0) is 25.7. The predicted octanol–water partition coefficient (Wildman–Crippen LogP) is 2.80. The van der Waals surface area contributed by atoms with E-state index in [0.717, 1.165) is 5.56 Å². The molecule has 0 spiro atoms. The van der Waals surface area contributed by atoms with Crippen LogP contribution in [-0.2, 0) is 4.74 Å². The first-order valence-corrected chi connectivity index (χ1v) is 12.0. The van der Waals surface area contributed by atoms with Crippen molar-refractivity contribution in [2.45, 2.75) is 31.0 Å². The Morgan fingerprint density at radius 2 is 1.94 bits per heavy atom. The quantitative estimate of drug-likeness (QED) is 0.481. The highest BCUT2D eigenvalue weighted by Crippen LogP contribution is 2.45. The second kappa shape index (κ2) is 11.4. The maximum atomic E-state index is 13.9. The molecule has 1 fully saturated rings. The van der Waals surface area contributed by atoms with Crippen LogP contribution in [0.3, 0.4) is 0 Å². The van der Waals surface area contributed by atoms with E-state index in [4.69, 9.17) is 14.6 Å². The lowest BCUT2D eigenvalue weighted by molar-refractivity contribution is -0.0259. The summed E-state index contributed by atoms with van der Waals surface area (Å²) in [6, 6.07) is 12.4. The van der Waals surface area contributed by atoms with Crippen molar-refractivity contribution in [2.75, 3.05) is 40.0 Å². The molecule has 2 aromatic carbocycles. The Morgan fingerprint density at radius 3 is 2.64 bits per heavy atom. The van der Waals surface area contributed by atoms with Crippen molar-refractivity contribution in [1.29, 1.82) is 0 Å². The number of morpholine rings is 1. The average Bonchev–Trinajstić information content (AvgIpc) is 3.29. The van der Waals surface area contributed by atoms with Gasteiger partial charge in [-0.05, 0) is 30.5 Å². The van der Waals surface area contributed by atoms with E-state index in [-0.39, 0.29) is 23.1 Å². The van der Waals surface area contributed by atoms with Gasteiger partial charge in [-0.3, -0.25) is 9.59 Å². The van der Waals surface area contributed by atoms with Gasteiger partial charge in [0, 0.05) is 31.3 Å². The molecular weight excluding hydrogens is 469 g/mol. The molecule has 0 aromatic heterocycles. The Hall–Kier alpha value is -3.66. The fraction of sp³-hybridized carbons (Fsp3) is 0.423. The Balaban J connectivity index is 1.49. The Morgan fingerprint density at radius 1 is 1.17 bits per heavy atom. The van der Waals surface area contributed by atoms with Gasteiger partial charge in [0.1, 0.15) is 18.5 Å². The molecule has 1 saturated heterocycles. The van der Waals surface area contributed by atoms with Gasteiger partial charge in [0.25, 0.3) is 11.8 Å². The molecular formula is C26H30FN3O6. The summed E-state index contributed by atoms with van der Waals surface area (Å²) in [6.45, 7) is 0.617. The maximum absolute atomic E-state index is 13.9. The number of halogens is 1. The molecule has 2 aromatic rings. The standard InChI is InChI=1S/C26H30FN3O6/c1-28-25(32)20-13-17(24(31)29-9-5-8-18-15-30(26(33)34)10-11-35-18)12-19-22(16-6-3-2-4-7-16)21(14-27)36-23(19)20/h2-4,6-7,12-13,18,21-22H,5,8-11,14-15H2,1H3,(H,28,32)(H,29,31)(H,33,34). The molecule has 2 aliphatic heterocycles. The van der Waals surface area contributed by atoms with Gasteiger partial charge in [-0.25, -0.2) is 9.18 Å². The van der Waals surface area contributed by atoms with E-state index >= 15 is 0 Å². The Kier molecular flexibility index (Phi) is 8.04. The summed E-state index contributed by atoms with van der Waals surface area (Å²) in [5.41, 5.74) is 1.89. The normalized spacial score (nSPS) is 20.8. The second-order valence-corrected chi connectivity index (χ2v) is 8.84. The summed E-state index contributed by atoms with van der Waals surface area (Å²) >= 11 is 0. The summed E-state index contributed by atoms with van der Waals surface area (Å²) < 4.78 is 25.4. The Bertz CT molecular complexity index is 1110. The number of amides is 3. The highest BCUT2D eigenvalue weighted by Gasteiger charge is 2.39. The number of ether oxygens (including phenoxy) is 2. The van der Waals surface area contributed by atoms with Crippen LogP contribution in [0, 0.1) is 0 Å². The first-order chi connectivity index (χ1) is 17.4. The molecule has 0 bridgehead atoms. The van der Waals surface area contributed by atoms with Crippen molar-refractivity contribution in [1.82, 2.24) is 15.5 Å². The van der Waals surface area contributed by atoms with Gasteiger partial charge in [0.05, 0.1) is 30.7 Å². The highest BCUT2D eigenvalue weighted by molar-refractivity contribution is 6.02. The summed E-state index contributed by atoms with van der Waals surface area (Å²) in [5, 5.41) is 14.6. The zero-order valence-corrected chi connectivity index (χ0v) is 20.0. The maximum Gasteiger partial charge on any atom is 0.407 e. The molecule has 0 saturated carbocycles. The molecule has 0 aliphatic carbocycles. The van der Waals surface area contributed by atoms with Crippen molar-refractivity contribution in [3.63, 3.8) is 0 Å². The second-order valence-electron chi connectivity index (χ2n) is 8.84. The molecule has 9 nitrogen and oxygen atoms in total. The van der Waals surface area contributed by atoms with E-state index in [2.05, 4.69) is 10.6 Å². The van der Waals surface area contributed by atoms with Crippen LogP contribution >= 0.6 is 0 Å². The molecule has 3 N–H and O–H groups in total. The van der Waals surface area contributed by atoms with Crippen LogP contribution in [0.1, 0.15) is 50.6 Å². The third kappa shape index (κ3) is 5.43. The molecule has 3 atom stereocenters. The fourth-order valence-electron chi connectivity index (χ4n) is 4.74. The SMILES string of the molecule is CNC(=O)c1cc(C(=O)NCCCC2CN(C(=O)O)CCO2)cc2c1OC(CF)C2c1ccccc1. The van der Waals surface area contributed by atoms with Crippen LogP contribution in [0.15, 0.2) is 42.5 Å². The molecule has 2 heterocycles. The number of hydrogen-bond donors (Lipinski definition) is 3. The molecule has 0 radical (unpaired) electrons. The summed E-state index contributed by atoms with van der Waals surface area (Å²) in [5.74, 6) is -0.956. The van der Waals surface area contributed by atoms with Crippen LogP contribution in [0.4, 0.5) is 9.18 Å². The van der Waals surface area contributed by atoms with E-state index in [0.29, 0.717) is 50.4 Å². The molecule has 4 rings (SSSR count). The van der Waals surface area contributed by atoms with Crippen LogP contribution in [0.2, 0.25) is 0 Å². The third-order valence-electron chi connectivity index (χ3n) is 6.54. The number of hydrogen-bond acceptors (Lipinski definition) is 5. The number of fused-ring (bicyclic) bond motifs is 1. The van der Waals surface area contributed by atoms with Gasteiger partial charge in [0.15, 0.2) is 0 Å². The number of carbonyl (C=O) groups is 3. The van der Waals surface area contributed by atoms with Crippen molar-refractivity contribution >= 4 is 17.9 Å². The first-order valence-electron chi connectivity index (χ1n) is 12.0. The average molecular weight is 500 g/mol. The predicted molar refractivity (Wildman–Crippen MR) is 129 cm³/mol. The fourth-order valence-corrected chi connectivity index (χ4v) is 4.74. The van der Waals surface area contributed by atoms with E-state index < -0.39 is 30.7 Å². The largest absolute Gasteiger partial charge is 0.486 e. The topological polar surface area (TPSA) is 117 Å². The minimum absolute atomic E-state index is 0.182. The summed E-state index contributed by atoms with van der Waals surface area (Å²) in [4.78, 5) is 38.1. The van der Waals surface area contributed by atoms with Gasteiger partial charge in [0.2, 0.25) is 0 Å². The highest BCUT2D eigenvalue weighted by atomic mass is 19.1. The van der Waals surface area contributed by atoms with Crippen LogP contribution in [-0.4, -0.2) is 80.1 Å². The van der Waals surface area contributed by atoms with Crippen molar-refractivity contribution < 1.29 is 33.4 Å². The monoisotopic (exact) mass is 499 g/mol. The minimum Gasteiger partial charge on any atom is -0.486 e. The van der Waals surface area contributed by atoms with Crippen molar-refractivity contribution in [3.05, 3.63) is 64.7 Å². The molecule has 2 aliphatic rings. The third-order valence-corrected chi connectivity index (χ3v) is 6.54. The molecule has 3 unspecified atom stereocenters. The van der Waals surface area contributed by atoms with Crippen LogP contribution in [0.25, 0.3) is 0 Å². The van der Waals surface area contributed by atoms with E-state index in [1.165, 1.54) is 18.0 Å². The van der Waals surface area contributed by atoms with E-state index in [1.54, 1.807) is 6.07 Å². The molecule has 36 heavy (non-hydrogen) atoms. The molecule has 3 amide bonds. The lowest BCUT2D eigenvalue weighted by atomic mass is 9.86. The lowest BCUT2D eigenvalue weighted by Gasteiger charge is -2.31. The summed E-state index contributed by atoms with van der Waals surface area (Å²) in [7, 11) is 1.48. The van der Waals surface area contributed by atoms with Crippen LogP contribution in [0.5, 0.6) is 5.75 Å². The van der Waals surface area contributed by atoms with Gasteiger partial charge < -0.3 is 30.1 Å². The van der Waals surface area contributed by atoms with Gasteiger partial charge >= 0.3 is 6.09 Å². The number of carboxylic acid groups (broad SMARTS) is 1.